The molecule has 1 amide bonds. The number of likely N-dealkylation sites (tertiary alicyclic amines) is 1. The van der Waals surface area contributed by atoms with E-state index in [0.29, 0.717) is 0 Å². The second-order valence-corrected chi connectivity index (χ2v) is 5.03. The van der Waals surface area contributed by atoms with Crippen LogP contribution in [-0.4, -0.2) is 46.7 Å². The molecule has 0 unspecified atom stereocenters. The van der Waals surface area contributed by atoms with Crippen molar-refractivity contribution in [2.75, 3.05) is 7.05 Å². The van der Waals surface area contributed by atoms with E-state index in [2.05, 4.69) is 0 Å². The monoisotopic (exact) mass is 454 g/mol. The summed E-state index contributed by atoms with van der Waals surface area (Å²) in [6.07, 6.45) is -1.38. The Bertz CT molecular complexity index is 359. The van der Waals surface area contributed by atoms with E-state index < -0.39 is 23.7 Å². The van der Waals surface area contributed by atoms with Gasteiger partial charge in [-0.2, -0.15) is 0 Å². The SMILES string of the molecule is CC(C)[C@H](O)[C@]12C(=O)O[C@H]1[C@@H](C)C(=O)N2C.[Ac]. The maximum absolute atomic E-state index is 11.8. The molecule has 2 heterocycles. The molecule has 0 aromatic rings. The minimum atomic E-state index is -1.15. The van der Waals surface area contributed by atoms with Crippen LogP contribution in [0.1, 0.15) is 20.8 Å². The van der Waals surface area contributed by atoms with Crippen LogP contribution in [0.2, 0.25) is 0 Å². The first-order chi connectivity index (χ1) is 7.35. The molecule has 2 saturated heterocycles. The van der Waals surface area contributed by atoms with Crippen LogP contribution in [0.25, 0.3) is 0 Å². The zero-order valence-corrected chi connectivity index (χ0v) is 15.3. The Kier molecular flexibility index (Phi) is 4.34. The van der Waals surface area contributed by atoms with Crippen molar-refractivity contribution in [3.63, 3.8) is 0 Å². The maximum Gasteiger partial charge on any atom is 0.339 e. The molecule has 0 bridgehead atoms. The van der Waals surface area contributed by atoms with Crippen molar-refractivity contribution in [2.24, 2.45) is 11.8 Å². The summed E-state index contributed by atoms with van der Waals surface area (Å²) < 4.78 is 5.03. The first-order valence-electron chi connectivity index (χ1n) is 5.52. The van der Waals surface area contributed by atoms with Crippen LogP contribution in [0.5, 0.6) is 0 Å². The Morgan fingerprint density at radius 3 is 2.29 bits per heavy atom. The number of nitrogens with zero attached hydrogens (tertiary/aromatic N) is 1. The van der Waals surface area contributed by atoms with Gasteiger partial charge >= 0.3 is 5.97 Å². The molecule has 0 aromatic heterocycles. The second kappa shape index (κ2) is 4.79. The number of rotatable bonds is 2. The molecule has 2 aliphatic rings. The van der Waals surface area contributed by atoms with Crippen molar-refractivity contribution >= 4 is 11.9 Å². The van der Waals surface area contributed by atoms with Gasteiger partial charge in [0.25, 0.3) is 0 Å². The minimum absolute atomic E-state index is 0. The Hall–Kier alpha value is 0.342. The van der Waals surface area contributed by atoms with Crippen LogP contribution in [-0.2, 0) is 14.3 Å². The van der Waals surface area contributed by atoms with Gasteiger partial charge in [-0.05, 0) is 12.8 Å². The van der Waals surface area contributed by atoms with Crippen LogP contribution in [0, 0.1) is 55.9 Å². The van der Waals surface area contributed by atoms with E-state index >= 15 is 0 Å². The van der Waals surface area contributed by atoms with Crippen LogP contribution < -0.4 is 0 Å². The Morgan fingerprint density at radius 2 is 1.94 bits per heavy atom. The first kappa shape index (κ1) is 15.4. The fraction of sp³-hybridized carbons (Fsp3) is 0.818. The van der Waals surface area contributed by atoms with Gasteiger partial charge in [0.1, 0.15) is 6.10 Å². The molecule has 17 heavy (non-hydrogen) atoms. The fourth-order valence-electron chi connectivity index (χ4n) is 2.78. The molecule has 6 heteroatoms. The molecule has 2 aliphatic heterocycles. The van der Waals surface area contributed by atoms with Crippen molar-refractivity contribution in [3.8, 4) is 0 Å². The number of amides is 1. The number of esters is 1. The molecule has 2 rings (SSSR count). The number of aliphatic hydroxyl groups is 1. The number of hydrogen-bond acceptors (Lipinski definition) is 4. The zero-order valence-electron chi connectivity index (χ0n) is 10.5. The Morgan fingerprint density at radius 1 is 1.41 bits per heavy atom. The van der Waals surface area contributed by atoms with Crippen molar-refractivity contribution in [1.29, 1.82) is 0 Å². The van der Waals surface area contributed by atoms with Gasteiger partial charge in [-0.3, -0.25) is 4.79 Å². The quantitative estimate of drug-likeness (QED) is 0.586. The maximum atomic E-state index is 11.8. The number of carbonyl (C=O) groups is 2. The van der Waals surface area contributed by atoms with E-state index in [1.807, 2.05) is 13.8 Å². The van der Waals surface area contributed by atoms with Gasteiger partial charge in [0.05, 0.1) is 12.0 Å². The molecule has 0 aromatic carbocycles. The number of fused-ring (bicyclic) bond motifs is 1. The average molecular weight is 454 g/mol. The number of aliphatic hydroxyl groups excluding tert-OH is 1. The van der Waals surface area contributed by atoms with Crippen LogP contribution in [0.3, 0.4) is 0 Å². The molecular weight excluding hydrogens is 437 g/mol. The summed E-state index contributed by atoms with van der Waals surface area (Å²) in [7, 11) is 1.56. The molecular formula is C11H17AcNO4. The summed E-state index contributed by atoms with van der Waals surface area (Å²) in [5.74, 6) is -1.10. The average Bonchev–Trinajstić information content (AvgIpc) is 2.36. The molecule has 2 fully saturated rings. The summed E-state index contributed by atoms with van der Waals surface area (Å²) in [6, 6.07) is 0. The van der Waals surface area contributed by atoms with Gasteiger partial charge in [0.2, 0.25) is 11.4 Å². The largest absolute Gasteiger partial charge is 0.456 e. The van der Waals surface area contributed by atoms with E-state index in [4.69, 9.17) is 4.74 Å². The van der Waals surface area contributed by atoms with Gasteiger partial charge in [0, 0.05) is 51.1 Å². The van der Waals surface area contributed by atoms with Gasteiger partial charge in [0.15, 0.2) is 0 Å². The molecule has 93 valence electrons. The third kappa shape index (κ3) is 1.71. The third-order valence-corrected chi connectivity index (χ3v) is 3.81. The first-order valence-corrected chi connectivity index (χ1v) is 5.52. The van der Waals surface area contributed by atoms with E-state index in [0.717, 1.165) is 0 Å². The minimum Gasteiger partial charge on any atom is -0.456 e. The van der Waals surface area contributed by atoms with Crippen molar-refractivity contribution in [2.45, 2.75) is 38.5 Å². The second-order valence-electron chi connectivity index (χ2n) is 5.03. The zero-order chi connectivity index (χ0) is 12.2. The molecule has 5 nitrogen and oxygen atoms in total. The van der Waals surface area contributed by atoms with E-state index in [1.54, 1.807) is 14.0 Å². The van der Waals surface area contributed by atoms with Gasteiger partial charge in [-0.25, -0.2) is 4.79 Å². The molecule has 1 radical (unpaired) electrons. The summed E-state index contributed by atoms with van der Waals surface area (Å²) in [6.45, 7) is 5.37. The molecule has 0 spiro atoms. The van der Waals surface area contributed by atoms with Crippen molar-refractivity contribution in [3.05, 3.63) is 0 Å². The normalized spacial score (nSPS) is 37.2. The number of carbonyl (C=O) groups excluding carboxylic acids is 2. The predicted octanol–water partition coefficient (Wildman–Crippen LogP) is -0.224. The van der Waals surface area contributed by atoms with Crippen LogP contribution in [0.4, 0.5) is 0 Å². The van der Waals surface area contributed by atoms with Gasteiger partial charge in [-0.1, -0.05) is 13.8 Å². The smallest absolute Gasteiger partial charge is 0.339 e. The number of ether oxygens (including phenoxy) is 1. The van der Waals surface area contributed by atoms with E-state index in [1.165, 1.54) is 4.90 Å². The van der Waals surface area contributed by atoms with Gasteiger partial charge < -0.3 is 14.7 Å². The Balaban J connectivity index is 0.00000144. The van der Waals surface area contributed by atoms with Gasteiger partial charge in [-0.15, -0.1) is 0 Å². The number of hydrogen-bond donors (Lipinski definition) is 1. The fourth-order valence-corrected chi connectivity index (χ4v) is 2.78. The summed E-state index contributed by atoms with van der Waals surface area (Å²) in [5, 5.41) is 10.2. The predicted molar refractivity (Wildman–Crippen MR) is 55.4 cm³/mol. The number of likely N-dealkylation sites (N-methyl/N-ethyl adjacent to an activating group) is 1. The third-order valence-electron chi connectivity index (χ3n) is 3.81. The summed E-state index contributed by atoms with van der Waals surface area (Å²) >= 11 is 0. The van der Waals surface area contributed by atoms with E-state index in [-0.39, 0.29) is 61.8 Å². The standard InChI is InChI=1S/C11H17NO4.Ac/c1-5(2)7(13)11-8(16-10(11)15)6(3)9(14)12(11)4;/h5-8,13H,1-4H3;/t6-,7+,8+,11-;/m1./s1. The van der Waals surface area contributed by atoms with Crippen molar-refractivity contribution in [1.82, 2.24) is 4.90 Å². The molecule has 1 N–H and O–H groups in total. The van der Waals surface area contributed by atoms with Crippen LogP contribution in [0.15, 0.2) is 0 Å². The summed E-state index contributed by atoms with van der Waals surface area (Å²) in [4.78, 5) is 24.9. The molecule has 4 atom stereocenters. The van der Waals surface area contributed by atoms with Crippen LogP contribution >= 0.6 is 0 Å². The Labute approximate surface area is 136 Å². The topological polar surface area (TPSA) is 66.8 Å². The molecule has 0 aliphatic carbocycles. The summed E-state index contributed by atoms with van der Waals surface area (Å²) in [5.41, 5.74) is -1.15. The molecule has 0 saturated carbocycles. The van der Waals surface area contributed by atoms with E-state index in [9.17, 15) is 14.7 Å². The van der Waals surface area contributed by atoms with Crippen molar-refractivity contribution < 1.29 is 63.5 Å².